The van der Waals surface area contributed by atoms with Crippen LogP contribution in [0.2, 0.25) is 0 Å². The maximum absolute atomic E-state index is 12.2. The van der Waals surface area contributed by atoms with E-state index in [1.54, 1.807) is 6.07 Å². The molecule has 1 heterocycles. The van der Waals surface area contributed by atoms with Crippen molar-refractivity contribution in [2.24, 2.45) is 0 Å². The summed E-state index contributed by atoms with van der Waals surface area (Å²) in [5.41, 5.74) is 0.573. The van der Waals surface area contributed by atoms with Crippen LogP contribution in [-0.2, 0) is 4.79 Å². The van der Waals surface area contributed by atoms with Crippen LogP contribution >= 0.6 is 0 Å². The lowest BCUT2D eigenvalue weighted by molar-refractivity contribution is -0.383. The van der Waals surface area contributed by atoms with Crippen molar-refractivity contribution < 1.29 is 14.5 Å². The zero-order valence-corrected chi connectivity index (χ0v) is 14.9. The second-order valence-electron chi connectivity index (χ2n) is 5.98. The number of para-hydroxylation sites is 2. The molecular formula is C19H14N6O4. The molecule has 144 valence electrons. The molecule has 1 amide bonds. The summed E-state index contributed by atoms with van der Waals surface area (Å²) >= 11 is 0. The molecule has 4 aromatic rings. The molecule has 3 aromatic carbocycles. The van der Waals surface area contributed by atoms with E-state index >= 15 is 0 Å². The Hall–Kier alpha value is -4.34. The number of nitro benzene ring substituents is 1. The molecule has 1 N–H and O–H groups in total. The number of nitrogens with one attached hydrogen (secondary N) is 1. The minimum atomic E-state index is -0.577. The fourth-order valence-corrected chi connectivity index (χ4v) is 2.87. The van der Waals surface area contributed by atoms with Crippen molar-refractivity contribution in [1.29, 1.82) is 0 Å². The van der Waals surface area contributed by atoms with Gasteiger partial charge in [0.15, 0.2) is 6.61 Å². The third-order valence-corrected chi connectivity index (χ3v) is 4.14. The molecule has 0 aliphatic rings. The summed E-state index contributed by atoms with van der Waals surface area (Å²) in [4.78, 5) is 22.7. The molecule has 0 radical (unpaired) electrons. The molecule has 0 saturated carbocycles. The first-order valence-electron chi connectivity index (χ1n) is 8.56. The van der Waals surface area contributed by atoms with E-state index in [0.717, 1.165) is 10.8 Å². The van der Waals surface area contributed by atoms with Crippen LogP contribution in [0.15, 0.2) is 66.7 Å². The molecule has 29 heavy (non-hydrogen) atoms. The molecule has 0 aliphatic heterocycles. The summed E-state index contributed by atoms with van der Waals surface area (Å²) in [6.07, 6.45) is 0. The third-order valence-electron chi connectivity index (χ3n) is 4.14. The average molecular weight is 390 g/mol. The molecule has 4 rings (SSSR count). The van der Waals surface area contributed by atoms with Crippen molar-refractivity contribution in [2.75, 3.05) is 11.9 Å². The highest BCUT2D eigenvalue weighted by molar-refractivity contribution is 5.94. The van der Waals surface area contributed by atoms with Crippen molar-refractivity contribution in [3.63, 3.8) is 0 Å². The van der Waals surface area contributed by atoms with Gasteiger partial charge in [-0.15, -0.1) is 0 Å². The summed E-state index contributed by atoms with van der Waals surface area (Å²) in [6, 6.07) is 19.3. The van der Waals surface area contributed by atoms with E-state index in [1.807, 2.05) is 42.5 Å². The Morgan fingerprint density at radius 3 is 2.69 bits per heavy atom. The summed E-state index contributed by atoms with van der Waals surface area (Å²) in [5.74, 6) is -0.577. The second-order valence-corrected chi connectivity index (χ2v) is 5.98. The van der Waals surface area contributed by atoms with Gasteiger partial charge < -0.3 is 10.1 Å². The third kappa shape index (κ3) is 3.72. The largest absolute Gasteiger partial charge is 0.452 e. The maximum Gasteiger partial charge on any atom is 0.340 e. The Bertz CT molecular complexity index is 1200. The number of carbonyl (C=O) groups is 1. The number of nitro groups is 1. The molecule has 0 fully saturated rings. The molecule has 0 atom stereocenters. The molecule has 0 unspecified atom stereocenters. The molecule has 1 aromatic heterocycles. The number of benzene rings is 3. The predicted octanol–water partition coefficient (Wildman–Crippen LogP) is 2.74. The van der Waals surface area contributed by atoms with Crippen molar-refractivity contribution in [3.8, 4) is 11.7 Å². The summed E-state index contributed by atoms with van der Waals surface area (Å²) in [5, 5.41) is 26.8. The van der Waals surface area contributed by atoms with Crippen molar-refractivity contribution >= 4 is 28.1 Å². The van der Waals surface area contributed by atoms with Crippen LogP contribution in [0.3, 0.4) is 0 Å². The van der Waals surface area contributed by atoms with E-state index in [4.69, 9.17) is 4.74 Å². The van der Waals surface area contributed by atoms with Crippen molar-refractivity contribution in [1.82, 2.24) is 20.2 Å². The number of carbonyl (C=O) groups excluding carboxylic acids is 1. The van der Waals surface area contributed by atoms with Gasteiger partial charge in [0, 0.05) is 11.5 Å². The number of nitrogens with zero attached hydrogens (tertiary/aromatic N) is 5. The van der Waals surface area contributed by atoms with Crippen LogP contribution in [-0.4, -0.2) is 37.6 Å². The smallest absolute Gasteiger partial charge is 0.340 e. The van der Waals surface area contributed by atoms with E-state index in [0.29, 0.717) is 5.69 Å². The monoisotopic (exact) mass is 390 g/mol. The van der Waals surface area contributed by atoms with Gasteiger partial charge in [-0.2, -0.15) is 4.68 Å². The van der Waals surface area contributed by atoms with Crippen molar-refractivity contribution in [2.45, 2.75) is 0 Å². The molecule has 0 saturated heterocycles. The minimum absolute atomic E-state index is 0.0269. The molecule has 10 heteroatoms. The lowest BCUT2D eigenvalue weighted by atomic mass is 10.1. The fraction of sp³-hybridized carbons (Fsp3) is 0.0526. The van der Waals surface area contributed by atoms with Crippen LogP contribution in [0, 0.1) is 10.1 Å². The van der Waals surface area contributed by atoms with Gasteiger partial charge in [0.25, 0.3) is 11.6 Å². The highest BCUT2D eigenvalue weighted by Crippen LogP contribution is 2.25. The van der Waals surface area contributed by atoms with Crippen LogP contribution in [0.25, 0.3) is 16.5 Å². The van der Waals surface area contributed by atoms with Crippen LogP contribution in [0.5, 0.6) is 6.01 Å². The van der Waals surface area contributed by atoms with Gasteiger partial charge >= 0.3 is 6.01 Å². The molecular weight excluding hydrogens is 376 g/mol. The minimum Gasteiger partial charge on any atom is -0.452 e. The quantitative estimate of drug-likeness (QED) is 0.396. The van der Waals surface area contributed by atoms with Crippen molar-refractivity contribution in [3.05, 3.63) is 76.8 Å². The number of amides is 1. The van der Waals surface area contributed by atoms with Gasteiger partial charge in [-0.05, 0) is 27.9 Å². The Morgan fingerprint density at radius 2 is 1.83 bits per heavy atom. The number of anilines is 1. The van der Waals surface area contributed by atoms with E-state index in [1.165, 1.54) is 22.9 Å². The topological polar surface area (TPSA) is 125 Å². The van der Waals surface area contributed by atoms with Crippen LogP contribution in [0.1, 0.15) is 0 Å². The number of hydrogen-bond donors (Lipinski definition) is 1. The lowest BCUT2D eigenvalue weighted by Crippen LogP contribution is -2.21. The predicted molar refractivity (Wildman–Crippen MR) is 104 cm³/mol. The number of tetrazole rings is 1. The van der Waals surface area contributed by atoms with E-state index in [2.05, 4.69) is 20.8 Å². The van der Waals surface area contributed by atoms with Crippen LogP contribution in [0.4, 0.5) is 11.4 Å². The van der Waals surface area contributed by atoms with Gasteiger partial charge in [0.1, 0.15) is 5.69 Å². The first-order valence-corrected chi connectivity index (χ1v) is 8.56. The summed E-state index contributed by atoms with van der Waals surface area (Å²) < 4.78 is 6.85. The van der Waals surface area contributed by atoms with E-state index in [9.17, 15) is 14.9 Å². The van der Waals surface area contributed by atoms with E-state index in [-0.39, 0.29) is 17.4 Å². The number of ether oxygens (including phenoxy) is 1. The van der Waals surface area contributed by atoms with Gasteiger partial charge in [-0.3, -0.25) is 14.9 Å². The Balaban J connectivity index is 1.52. The molecule has 0 spiro atoms. The highest BCUT2D eigenvalue weighted by Gasteiger charge is 2.17. The number of fused-ring (bicyclic) bond motifs is 1. The summed E-state index contributed by atoms with van der Waals surface area (Å²) in [7, 11) is 0. The Kier molecular flexibility index (Phi) is 4.81. The zero-order chi connectivity index (χ0) is 20.2. The SMILES string of the molecule is O=C(COc1nnnn1-c1cccc2ccccc12)Nc1ccccc1[N+](=O)[O-]. The number of rotatable bonds is 6. The van der Waals surface area contributed by atoms with Crippen LogP contribution < -0.4 is 10.1 Å². The summed E-state index contributed by atoms with van der Waals surface area (Å²) in [6.45, 7) is -0.419. The van der Waals surface area contributed by atoms with E-state index < -0.39 is 17.4 Å². The zero-order valence-electron chi connectivity index (χ0n) is 14.9. The molecule has 0 bridgehead atoms. The lowest BCUT2D eigenvalue weighted by Gasteiger charge is -2.09. The van der Waals surface area contributed by atoms with Gasteiger partial charge in [0.2, 0.25) is 0 Å². The fourth-order valence-electron chi connectivity index (χ4n) is 2.87. The van der Waals surface area contributed by atoms with Gasteiger partial charge in [0.05, 0.1) is 10.6 Å². The first kappa shape index (κ1) is 18.0. The maximum atomic E-state index is 12.2. The standard InChI is InChI=1S/C19H14N6O4/c26-18(20-15-9-3-4-10-17(15)25(27)28)12-29-19-21-22-23-24(19)16-11-5-7-13-6-1-2-8-14(13)16/h1-11H,12H2,(H,20,26). The number of aromatic nitrogens is 4. The normalized spacial score (nSPS) is 10.6. The number of hydrogen-bond acceptors (Lipinski definition) is 7. The Labute approximate surface area is 163 Å². The molecule has 10 nitrogen and oxygen atoms in total. The van der Waals surface area contributed by atoms with Gasteiger partial charge in [-0.1, -0.05) is 53.6 Å². The average Bonchev–Trinajstić information content (AvgIpc) is 3.20. The first-order chi connectivity index (χ1) is 14.1. The Morgan fingerprint density at radius 1 is 1.07 bits per heavy atom. The highest BCUT2D eigenvalue weighted by atomic mass is 16.6. The second kappa shape index (κ2) is 7.72. The van der Waals surface area contributed by atoms with Gasteiger partial charge in [-0.25, -0.2) is 0 Å². The molecule has 0 aliphatic carbocycles.